The Morgan fingerprint density at radius 2 is 1.77 bits per heavy atom. The molecule has 4 nitrogen and oxygen atoms in total. The van der Waals surface area contributed by atoms with Crippen molar-refractivity contribution in [3.05, 3.63) is 101 Å². The van der Waals surface area contributed by atoms with Crippen LogP contribution in [0.15, 0.2) is 78.9 Å². The lowest BCUT2D eigenvalue weighted by Gasteiger charge is -2.22. The van der Waals surface area contributed by atoms with Crippen LogP contribution in [0.2, 0.25) is 0 Å². The molecule has 0 aliphatic heterocycles. The zero-order valence-corrected chi connectivity index (χ0v) is 17.6. The van der Waals surface area contributed by atoms with Gasteiger partial charge in [0, 0.05) is 5.56 Å². The Labute approximate surface area is 184 Å². The summed E-state index contributed by atoms with van der Waals surface area (Å²) in [5.41, 5.74) is 4.45. The maximum atomic E-state index is 10.9. The second-order valence-electron chi connectivity index (χ2n) is 7.47. The number of phenolic OH excluding ortho intramolecular Hbond substituents is 1. The summed E-state index contributed by atoms with van der Waals surface area (Å²) in [7, 11) is 0. The molecule has 0 radical (unpaired) electrons. The Balaban J connectivity index is 1.69. The number of aromatic hydroxyl groups is 1. The quantitative estimate of drug-likeness (QED) is 0.346. The molecule has 0 saturated heterocycles. The Morgan fingerprint density at radius 3 is 2.55 bits per heavy atom. The maximum Gasteiger partial charge on any atom is 0.184 e. The average molecular weight is 422 g/mol. The number of phenols is 1. The Morgan fingerprint density at radius 1 is 0.968 bits per heavy atom. The zero-order valence-electron chi connectivity index (χ0n) is 16.8. The zero-order chi connectivity index (χ0) is 21.4. The highest BCUT2D eigenvalue weighted by Crippen LogP contribution is 2.39. The molecule has 2 N–H and O–H groups in total. The molecule has 0 bridgehead atoms. The van der Waals surface area contributed by atoms with Crippen LogP contribution in [0.1, 0.15) is 28.3 Å². The van der Waals surface area contributed by atoms with E-state index in [2.05, 4.69) is 30.4 Å². The van der Waals surface area contributed by atoms with Gasteiger partial charge in [-0.1, -0.05) is 65.9 Å². The number of hydrogen-bond donors (Lipinski definition) is 2. The normalized spacial score (nSPS) is 12.0. The molecule has 1 heterocycles. The molecule has 31 heavy (non-hydrogen) atoms. The predicted octanol–water partition coefficient (Wildman–Crippen LogP) is 6.54. The van der Waals surface area contributed by atoms with Crippen LogP contribution < -0.4 is 5.32 Å². The summed E-state index contributed by atoms with van der Waals surface area (Å²) in [6, 6.07) is 27.1. The van der Waals surface area contributed by atoms with Gasteiger partial charge in [-0.05, 0) is 53.1 Å². The van der Waals surface area contributed by atoms with Crippen molar-refractivity contribution >= 4 is 37.5 Å². The minimum Gasteiger partial charge on any atom is -0.508 e. The van der Waals surface area contributed by atoms with Crippen LogP contribution >= 0.6 is 11.3 Å². The van der Waals surface area contributed by atoms with E-state index in [0.29, 0.717) is 5.56 Å². The van der Waals surface area contributed by atoms with Gasteiger partial charge in [-0.2, -0.15) is 5.26 Å². The molecule has 0 saturated carbocycles. The summed E-state index contributed by atoms with van der Waals surface area (Å²) >= 11 is 1.59. The van der Waals surface area contributed by atoms with E-state index in [-0.39, 0.29) is 11.8 Å². The Bertz CT molecular complexity index is 1450. The molecule has 0 fully saturated rings. The number of fused-ring (bicyclic) bond motifs is 2. The van der Waals surface area contributed by atoms with E-state index < -0.39 is 0 Å². The third-order valence-electron chi connectivity index (χ3n) is 5.50. The summed E-state index contributed by atoms with van der Waals surface area (Å²) in [5.74, 6) is 0.220. The van der Waals surface area contributed by atoms with E-state index in [1.165, 1.54) is 0 Å². The molecule has 150 valence electrons. The highest BCUT2D eigenvalue weighted by Gasteiger charge is 2.22. The van der Waals surface area contributed by atoms with Crippen LogP contribution in [0, 0.1) is 18.3 Å². The molecule has 1 unspecified atom stereocenters. The van der Waals surface area contributed by atoms with Crippen LogP contribution in [0.5, 0.6) is 5.75 Å². The molecule has 0 spiro atoms. The summed E-state index contributed by atoms with van der Waals surface area (Å²) in [6.45, 7) is 2.06. The lowest BCUT2D eigenvalue weighted by Crippen LogP contribution is -2.13. The van der Waals surface area contributed by atoms with Crippen molar-refractivity contribution in [1.29, 1.82) is 5.26 Å². The number of hydrogen-bond acceptors (Lipinski definition) is 5. The fourth-order valence-electron chi connectivity index (χ4n) is 3.93. The second-order valence-corrected chi connectivity index (χ2v) is 8.50. The van der Waals surface area contributed by atoms with E-state index >= 15 is 0 Å². The Kier molecular flexibility index (Phi) is 4.78. The minimum absolute atomic E-state index is 0.220. The van der Waals surface area contributed by atoms with Crippen molar-refractivity contribution in [2.75, 3.05) is 5.32 Å². The number of nitrogens with one attached hydrogen (secondary N) is 1. The van der Waals surface area contributed by atoms with Crippen molar-refractivity contribution < 1.29 is 5.11 Å². The number of nitrogens with zero attached hydrogens (tertiary/aromatic N) is 2. The van der Waals surface area contributed by atoms with Gasteiger partial charge in [0.25, 0.3) is 0 Å². The first-order valence-corrected chi connectivity index (χ1v) is 10.8. The number of nitriles is 1. The number of benzene rings is 4. The van der Waals surface area contributed by atoms with E-state index in [1.807, 2.05) is 48.5 Å². The monoisotopic (exact) mass is 421 g/mol. The van der Waals surface area contributed by atoms with Gasteiger partial charge < -0.3 is 10.4 Å². The molecule has 5 aromatic rings. The Hall–Kier alpha value is -3.88. The first-order chi connectivity index (χ1) is 15.1. The fraction of sp³-hybridized carbons (Fsp3) is 0.0769. The molecular formula is C26H19N3OS. The molecule has 5 heteroatoms. The lowest BCUT2D eigenvalue weighted by molar-refractivity contribution is 0.468. The van der Waals surface area contributed by atoms with Crippen LogP contribution in [0.25, 0.3) is 21.0 Å². The van der Waals surface area contributed by atoms with Crippen molar-refractivity contribution in [1.82, 2.24) is 4.98 Å². The molecular weight excluding hydrogens is 402 g/mol. The third kappa shape index (κ3) is 3.48. The van der Waals surface area contributed by atoms with Gasteiger partial charge in [0.15, 0.2) is 5.13 Å². The summed E-state index contributed by atoms with van der Waals surface area (Å²) in [4.78, 5) is 4.82. The van der Waals surface area contributed by atoms with Crippen molar-refractivity contribution in [3.63, 3.8) is 0 Å². The van der Waals surface area contributed by atoms with Gasteiger partial charge in [-0.25, -0.2) is 4.98 Å². The largest absolute Gasteiger partial charge is 0.508 e. The maximum absolute atomic E-state index is 10.9. The standard InChI is InChI=1S/C26H19N3OS/c1-16-5-4-8-22-24(16)28-26(31-22)29-25(19-11-9-17(15-27)10-12-19)23-20-7-3-2-6-18(20)13-14-21(23)30/h2-14,25,30H,1H3,(H,28,29). The van der Waals surface area contributed by atoms with Crippen LogP contribution in [0.3, 0.4) is 0 Å². The predicted molar refractivity (Wildman–Crippen MR) is 127 cm³/mol. The number of aryl methyl sites for hydroxylation is 1. The first-order valence-electron chi connectivity index (χ1n) is 9.97. The van der Waals surface area contributed by atoms with Crippen molar-refractivity contribution in [3.8, 4) is 11.8 Å². The molecule has 0 aliphatic rings. The number of aromatic nitrogens is 1. The van der Waals surface area contributed by atoms with E-state index in [4.69, 9.17) is 4.98 Å². The summed E-state index contributed by atoms with van der Waals surface area (Å²) in [6.07, 6.45) is 0. The lowest BCUT2D eigenvalue weighted by atomic mass is 9.92. The highest BCUT2D eigenvalue weighted by molar-refractivity contribution is 7.22. The fourth-order valence-corrected chi connectivity index (χ4v) is 4.90. The number of anilines is 1. The molecule has 0 amide bonds. The second kappa shape index (κ2) is 7.75. The van der Waals surface area contributed by atoms with Crippen LogP contribution in [-0.4, -0.2) is 10.1 Å². The number of rotatable bonds is 4. The van der Waals surface area contributed by atoms with Crippen molar-refractivity contribution in [2.45, 2.75) is 13.0 Å². The smallest absolute Gasteiger partial charge is 0.184 e. The van der Waals surface area contributed by atoms with Gasteiger partial charge in [-0.3, -0.25) is 0 Å². The average Bonchev–Trinajstić information content (AvgIpc) is 3.22. The van der Waals surface area contributed by atoms with Crippen molar-refractivity contribution in [2.24, 2.45) is 0 Å². The molecule has 4 aromatic carbocycles. The molecule has 0 aliphatic carbocycles. The molecule has 1 aromatic heterocycles. The molecule has 1 atom stereocenters. The first kappa shape index (κ1) is 19.1. The SMILES string of the molecule is Cc1cccc2sc(NC(c3ccc(C#N)cc3)c3c(O)ccc4ccccc34)nc12. The van der Waals surface area contributed by atoms with Gasteiger partial charge in [-0.15, -0.1) is 0 Å². The van der Waals surface area contributed by atoms with E-state index in [1.54, 1.807) is 29.5 Å². The van der Waals surface area contributed by atoms with E-state index in [9.17, 15) is 10.4 Å². The topological polar surface area (TPSA) is 68.9 Å². The highest BCUT2D eigenvalue weighted by atomic mass is 32.1. The van der Waals surface area contributed by atoms with Crippen LogP contribution in [0.4, 0.5) is 5.13 Å². The van der Waals surface area contributed by atoms with E-state index in [0.717, 1.165) is 42.8 Å². The van der Waals surface area contributed by atoms with Gasteiger partial charge >= 0.3 is 0 Å². The van der Waals surface area contributed by atoms with Gasteiger partial charge in [0.1, 0.15) is 5.75 Å². The van der Waals surface area contributed by atoms with Gasteiger partial charge in [0.05, 0.1) is 27.9 Å². The summed E-state index contributed by atoms with van der Waals surface area (Å²) in [5, 5.41) is 26.5. The third-order valence-corrected chi connectivity index (χ3v) is 6.45. The molecule has 5 rings (SSSR count). The minimum atomic E-state index is -0.334. The van der Waals surface area contributed by atoms with Gasteiger partial charge in [0.2, 0.25) is 0 Å². The summed E-state index contributed by atoms with van der Waals surface area (Å²) < 4.78 is 1.11. The van der Waals surface area contributed by atoms with Crippen LogP contribution in [-0.2, 0) is 0 Å². The number of para-hydroxylation sites is 1. The number of thiazole rings is 1.